The maximum Gasteiger partial charge on any atom is 0.242 e. The standard InChI is InChI=1S/C12H20ClN3O3S/c1-4-5-9(8-19-3)16-20(17,18)10-6-11(13)12(14-2)15-7-10/h6-7,9,16H,4-5,8H2,1-3H3,(H,14,15). The van der Waals surface area contributed by atoms with Gasteiger partial charge >= 0.3 is 0 Å². The van der Waals surface area contributed by atoms with Crippen molar-refractivity contribution in [3.63, 3.8) is 0 Å². The fourth-order valence-electron chi connectivity index (χ4n) is 1.76. The Bertz CT molecular complexity index is 531. The van der Waals surface area contributed by atoms with Crippen LogP contribution in [-0.4, -0.2) is 40.2 Å². The number of rotatable bonds is 8. The second-order valence-corrected chi connectivity index (χ2v) is 6.43. The van der Waals surface area contributed by atoms with Crippen molar-refractivity contribution in [3.05, 3.63) is 17.3 Å². The van der Waals surface area contributed by atoms with Gasteiger partial charge < -0.3 is 10.1 Å². The zero-order chi connectivity index (χ0) is 15.2. The molecule has 0 aliphatic rings. The van der Waals surface area contributed by atoms with Crippen LogP contribution in [0.15, 0.2) is 17.2 Å². The molecule has 0 radical (unpaired) electrons. The summed E-state index contributed by atoms with van der Waals surface area (Å²) in [7, 11) is -0.454. The second-order valence-electron chi connectivity index (χ2n) is 4.31. The van der Waals surface area contributed by atoms with Crippen LogP contribution in [0.5, 0.6) is 0 Å². The van der Waals surface area contributed by atoms with Crippen molar-refractivity contribution >= 4 is 27.4 Å². The molecule has 0 spiro atoms. The first-order chi connectivity index (χ1) is 9.44. The Hall–Kier alpha value is -0.890. The topological polar surface area (TPSA) is 80.3 Å². The molecule has 6 nitrogen and oxygen atoms in total. The van der Waals surface area contributed by atoms with E-state index in [-0.39, 0.29) is 16.0 Å². The second kappa shape index (κ2) is 7.78. The summed E-state index contributed by atoms with van der Waals surface area (Å²) in [4.78, 5) is 4.01. The Kier molecular flexibility index (Phi) is 6.67. The lowest BCUT2D eigenvalue weighted by Gasteiger charge is -2.17. The largest absolute Gasteiger partial charge is 0.383 e. The number of anilines is 1. The van der Waals surface area contributed by atoms with E-state index >= 15 is 0 Å². The first-order valence-electron chi connectivity index (χ1n) is 6.29. The highest BCUT2D eigenvalue weighted by Crippen LogP contribution is 2.22. The Morgan fingerprint density at radius 2 is 2.20 bits per heavy atom. The fourth-order valence-corrected chi connectivity index (χ4v) is 3.32. The van der Waals surface area contributed by atoms with E-state index < -0.39 is 10.0 Å². The number of halogens is 1. The van der Waals surface area contributed by atoms with Crippen molar-refractivity contribution in [1.29, 1.82) is 0 Å². The third-order valence-electron chi connectivity index (χ3n) is 2.69. The van der Waals surface area contributed by atoms with E-state index in [1.165, 1.54) is 19.4 Å². The normalized spacial score (nSPS) is 13.2. The number of methoxy groups -OCH3 is 1. The SMILES string of the molecule is CCCC(COC)NS(=O)(=O)c1cnc(NC)c(Cl)c1. The molecule has 2 N–H and O–H groups in total. The molecule has 1 rings (SSSR count). The van der Waals surface area contributed by atoms with Gasteiger partial charge in [-0.25, -0.2) is 18.1 Å². The van der Waals surface area contributed by atoms with Gasteiger partial charge in [-0.05, 0) is 12.5 Å². The first-order valence-corrected chi connectivity index (χ1v) is 8.15. The van der Waals surface area contributed by atoms with Crippen LogP contribution in [0.3, 0.4) is 0 Å². The van der Waals surface area contributed by atoms with Crippen LogP contribution >= 0.6 is 11.6 Å². The number of hydrogen-bond acceptors (Lipinski definition) is 5. The minimum absolute atomic E-state index is 0.0405. The summed E-state index contributed by atoms with van der Waals surface area (Å²) in [6, 6.07) is 1.11. The van der Waals surface area contributed by atoms with Gasteiger partial charge in [0.15, 0.2) is 0 Å². The van der Waals surface area contributed by atoms with E-state index in [0.29, 0.717) is 18.8 Å². The summed E-state index contributed by atoms with van der Waals surface area (Å²) in [5.74, 6) is 0.438. The summed E-state index contributed by atoms with van der Waals surface area (Å²) in [5.41, 5.74) is 0. The van der Waals surface area contributed by atoms with E-state index in [9.17, 15) is 8.42 Å². The van der Waals surface area contributed by atoms with Gasteiger partial charge in [-0.15, -0.1) is 0 Å². The quantitative estimate of drug-likeness (QED) is 0.764. The van der Waals surface area contributed by atoms with Crippen LogP contribution in [0.1, 0.15) is 19.8 Å². The summed E-state index contributed by atoms with van der Waals surface area (Å²) in [6.45, 7) is 2.31. The lowest BCUT2D eigenvalue weighted by atomic mass is 10.2. The predicted octanol–water partition coefficient (Wildman–Crippen LogP) is 1.87. The Labute approximate surface area is 124 Å². The molecule has 20 heavy (non-hydrogen) atoms. The molecule has 0 fully saturated rings. The maximum absolute atomic E-state index is 12.3. The number of aromatic nitrogens is 1. The van der Waals surface area contributed by atoms with Crippen molar-refractivity contribution in [2.75, 3.05) is 26.1 Å². The van der Waals surface area contributed by atoms with Crippen LogP contribution in [0, 0.1) is 0 Å². The highest BCUT2D eigenvalue weighted by Gasteiger charge is 2.21. The number of hydrogen-bond donors (Lipinski definition) is 2. The summed E-state index contributed by atoms with van der Waals surface area (Å²) >= 11 is 5.95. The minimum Gasteiger partial charge on any atom is -0.383 e. The highest BCUT2D eigenvalue weighted by atomic mass is 35.5. The molecule has 0 bridgehead atoms. The molecule has 8 heteroatoms. The van der Waals surface area contributed by atoms with Crippen molar-refractivity contribution < 1.29 is 13.2 Å². The van der Waals surface area contributed by atoms with Crippen LogP contribution in [0.25, 0.3) is 0 Å². The van der Waals surface area contributed by atoms with Crippen LogP contribution in [0.2, 0.25) is 5.02 Å². The van der Waals surface area contributed by atoms with Gasteiger partial charge in [0.1, 0.15) is 10.7 Å². The summed E-state index contributed by atoms with van der Waals surface area (Å²) in [5, 5.41) is 3.04. The summed E-state index contributed by atoms with van der Waals surface area (Å²) in [6.07, 6.45) is 2.83. The Morgan fingerprint density at radius 3 is 2.70 bits per heavy atom. The average Bonchev–Trinajstić information content (AvgIpc) is 2.38. The van der Waals surface area contributed by atoms with Crippen LogP contribution in [0.4, 0.5) is 5.82 Å². The van der Waals surface area contributed by atoms with Gasteiger partial charge in [-0.3, -0.25) is 0 Å². The van der Waals surface area contributed by atoms with Gasteiger partial charge in [-0.1, -0.05) is 24.9 Å². The van der Waals surface area contributed by atoms with Crippen molar-refractivity contribution in [3.8, 4) is 0 Å². The van der Waals surface area contributed by atoms with Gasteiger partial charge in [0.25, 0.3) is 0 Å². The number of sulfonamides is 1. The number of nitrogens with one attached hydrogen (secondary N) is 2. The number of pyridine rings is 1. The van der Waals surface area contributed by atoms with Crippen LogP contribution in [-0.2, 0) is 14.8 Å². The molecular formula is C12H20ClN3O3S. The number of ether oxygens (including phenoxy) is 1. The first kappa shape index (κ1) is 17.2. The van der Waals surface area contributed by atoms with Crippen molar-refractivity contribution in [2.24, 2.45) is 0 Å². The zero-order valence-electron chi connectivity index (χ0n) is 11.8. The van der Waals surface area contributed by atoms with E-state index in [0.717, 1.165) is 6.42 Å². The molecule has 1 aromatic rings. The highest BCUT2D eigenvalue weighted by molar-refractivity contribution is 7.89. The van der Waals surface area contributed by atoms with E-state index in [1.54, 1.807) is 7.05 Å². The zero-order valence-corrected chi connectivity index (χ0v) is 13.4. The molecular weight excluding hydrogens is 302 g/mol. The minimum atomic E-state index is -3.66. The third kappa shape index (κ3) is 4.59. The summed E-state index contributed by atoms with van der Waals surface area (Å²) < 4.78 is 32.1. The molecule has 1 unspecified atom stereocenters. The fraction of sp³-hybridized carbons (Fsp3) is 0.583. The van der Waals surface area contributed by atoms with Crippen molar-refractivity contribution in [2.45, 2.75) is 30.7 Å². The van der Waals surface area contributed by atoms with Crippen molar-refractivity contribution in [1.82, 2.24) is 9.71 Å². The molecule has 0 saturated carbocycles. The van der Waals surface area contributed by atoms with Gasteiger partial charge in [0.05, 0.1) is 11.6 Å². The van der Waals surface area contributed by atoms with Gasteiger partial charge in [-0.2, -0.15) is 0 Å². The molecule has 0 amide bonds. The molecule has 0 saturated heterocycles. The monoisotopic (exact) mass is 321 g/mol. The van der Waals surface area contributed by atoms with Gasteiger partial charge in [0.2, 0.25) is 10.0 Å². The third-order valence-corrected chi connectivity index (χ3v) is 4.47. The Balaban J connectivity index is 2.94. The molecule has 1 aromatic heterocycles. The van der Waals surface area contributed by atoms with Gasteiger partial charge in [0, 0.05) is 26.4 Å². The molecule has 0 aromatic carbocycles. The van der Waals surface area contributed by atoms with Crippen LogP contribution < -0.4 is 10.0 Å². The molecule has 0 aliphatic carbocycles. The average molecular weight is 322 g/mol. The maximum atomic E-state index is 12.3. The molecule has 1 atom stereocenters. The molecule has 114 valence electrons. The van der Waals surface area contributed by atoms with E-state index in [2.05, 4.69) is 15.0 Å². The van der Waals surface area contributed by atoms with E-state index in [4.69, 9.17) is 16.3 Å². The lowest BCUT2D eigenvalue weighted by molar-refractivity contribution is 0.171. The molecule has 1 heterocycles. The predicted molar refractivity (Wildman–Crippen MR) is 79.7 cm³/mol. The number of nitrogens with zero attached hydrogens (tertiary/aromatic N) is 1. The lowest BCUT2D eigenvalue weighted by Crippen LogP contribution is -2.37. The smallest absolute Gasteiger partial charge is 0.242 e. The Morgan fingerprint density at radius 1 is 1.50 bits per heavy atom. The van der Waals surface area contributed by atoms with E-state index in [1.807, 2.05) is 6.92 Å². The molecule has 0 aliphatic heterocycles.